The molecule has 28 heavy (non-hydrogen) atoms. The van der Waals surface area contributed by atoms with E-state index in [1.165, 1.54) is 17.2 Å². The van der Waals surface area contributed by atoms with Crippen LogP contribution in [0.2, 0.25) is 5.02 Å². The number of hydrogen-bond acceptors (Lipinski definition) is 2. The molecule has 0 radical (unpaired) electrons. The average molecular weight is 420 g/mol. The lowest BCUT2D eigenvalue weighted by atomic mass is 9.89. The Morgan fingerprint density at radius 2 is 1.89 bits per heavy atom. The predicted octanol–water partition coefficient (Wildman–Crippen LogP) is 5.39. The Balaban J connectivity index is 1.65. The van der Waals surface area contributed by atoms with Crippen molar-refractivity contribution in [3.05, 3.63) is 58.6 Å². The second kappa shape index (κ2) is 7.54. The van der Waals surface area contributed by atoms with Crippen LogP contribution in [0.15, 0.2) is 36.5 Å². The first-order chi connectivity index (χ1) is 13.1. The largest absolute Gasteiger partial charge is 0.419 e. The molecule has 1 aromatic heterocycles. The number of amides is 2. The summed E-state index contributed by atoms with van der Waals surface area (Å²) in [6, 6.07) is 4.56. The standard InChI is InChI=1S/C18H15ClF5N3O/c19-13-2-1-7-25-15(13)17(21)5-8-27(9-6-17)16(28)26-11-3-4-12(14(20)10-11)18(22,23)24/h1-4,7,10H,5-6,8-9H2,(H,26,28). The summed E-state index contributed by atoms with van der Waals surface area (Å²) < 4.78 is 66.6. The van der Waals surface area contributed by atoms with E-state index >= 15 is 4.39 Å². The van der Waals surface area contributed by atoms with Gasteiger partial charge in [-0.3, -0.25) is 4.98 Å². The normalized spacial score (nSPS) is 16.7. The van der Waals surface area contributed by atoms with E-state index in [1.54, 1.807) is 6.07 Å². The zero-order chi connectivity index (χ0) is 20.5. The minimum atomic E-state index is -4.82. The molecule has 4 nitrogen and oxygen atoms in total. The van der Waals surface area contributed by atoms with Crippen LogP contribution in [0.1, 0.15) is 24.1 Å². The SMILES string of the molecule is O=C(Nc1ccc(C(F)(F)F)c(F)c1)N1CCC(F)(c2ncccc2Cl)CC1. The Bertz CT molecular complexity index is 882. The van der Waals surface area contributed by atoms with E-state index in [9.17, 15) is 22.4 Å². The molecule has 0 unspecified atom stereocenters. The summed E-state index contributed by atoms with van der Waals surface area (Å²) in [5.41, 5.74) is -3.21. The molecule has 1 saturated heterocycles. The van der Waals surface area contributed by atoms with Gasteiger partial charge < -0.3 is 10.2 Å². The molecule has 1 aliphatic rings. The van der Waals surface area contributed by atoms with Gasteiger partial charge in [-0.15, -0.1) is 0 Å². The summed E-state index contributed by atoms with van der Waals surface area (Å²) >= 11 is 6.00. The highest BCUT2D eigenvalue weighted by atomic mass is 35.5. The summed E-state index contributed by atoms with van der Waals surface area (Å²) in [7, 11) is 0. The number of benzene rings is 1. The van der Waals surface area contributed by atoms with Gasteiger partial charge in [0.05, 0.1) is 16.3 Å². The first kappa shape index (κ1) is 20.3. The Morgan fingerprint density at radius 1 is 1.21 bits per heavy atom. The number of piperidine rings is 1. The van der Waals surface area contributed by atoms with E-state index in [4.69, 9.17) is 11.6 Å². The van der Waals surface area contributed by atoms with Crippen molar-refractivity contribution in [1.29, 1.82) is 0 Å². The highest BCUT2D eigenvalue weighted by Gasteiger charge is 2.40. The number of nitrogens with one attached hydrogen (secondary N) is 1. The highest BCUT2D eigenvalue weighted by molar-refractivity contribution is 6.31. The van der Waals surface area contributed by atoms with Gasteiger partial charge in [0, 0.05) is 37.8 Å². The van der Waals surface area contributed by atoms with Gasteiger partial charge in [0.15, 0.2) is 5.67 Å². The fraction of sp³-hybridized carbons (Fsp3) is 0.333. The number of likely N-dealkylation sites (tertiary alicyclic amines) is 1. The fourth-order valence-electron chi connectivity index (χ4n) is 3.04. The molecule has 150 valence electrons. The number of aromatic nitrogens is 1. The molecule has 1 fully saturated rings. The number of urea groups is 1. The minimum absolute atomic E-state index is 0.0400. The van der Waals surface area contributed by atoms with Crippen molar-refractivity contribution < 1.29 is 26.7 Å². The monoisotopic (exact) mass is 419 g/mol. The summed E-state index contributed by atoms with van der Waals surface area (Å²) in [4.78, 5) is 17.6. The van der Waals surface area contributed by atoms with Crippen LogP contribution in [0.3, 0.4) is 0 Å². The number of anilines is 1. The maximum atomic E-state index is 15.2. The number of rotatable bonds is 2. The molecule has 2 aromatic rings. The summed E-state index contributed by atoms with van der Waals surface area (Å²) in [5.74, 6) is -1.49. The second-order valence-electron chi connectivity index (χ2n) is 6.41. The molecule has 10 heteroatoms. The molecule has 0 atom stereocenters. The lowest BCUT2D eigenvalue weighted by Crippen LogP contribution is -2.45. The molecular weight excluding hydrogens is 405 g/mol. The van der Waals surface area contributed by atoms with E-state index in [2.05, 4.69) is 10.3 Å². The number of hydrogen-bond donors (Lipinski definition) is 1. The van der Waals surface area contributed by atoms with Gasteiger partial charge in [-0.2, -0.15) is 13.2 Å². The lowest BCUT2D eigenvalue weighted by molar-refractivity contribution is -0.139. The van der Waals surface area contributed by atoms with Crippen LogP contribution in [-0.2, 0) is 11.8 Å². The third-order valence-electron chi connectivity index (χ3n) is 4.55. The highest BCUT2D eigenvalue weighted by Crippen LogP contribution is 2.39. The van der Waals surface area contributed by atoms with Crippen LogP contribution in [0.25, 0.3) is 0 Å². The molecule has 2 amide bonds. The first-order valence-electron chi connectivity index (χ1n) is 8.33. The number of carbonyl (C=O) groups is 1. The van der Waals surface area contributed by atoms with Gasteiger partial charge in [0.1, 0.15) is 5.82 Å². The Hall–Kier alpha value is -2.42. The molecule has 0 spiro atoms. The first-order valence-corrected chi connectivity index (χ1v) is 8.70. The number of carbonyl (C=O) groups excluding carboxylic acids is 1. The number of pyridine rings is 1. The summed E-state index contributed by atoms with van der Waals surface area (Å²) in [5, 5.41) is 2.52. The number of halogens is 6. The van der Waals surface area contributed by atoms with Crippen molar-refractivity contribution in [2.45, 2.75) is 24.7 Å². The maximum Gasteiger partial charge on any atom is 0.419 e. The average Bonchev–Trinajstić information content (AvgIpc) is 2.61. The van der Waals surface area contributed by atoms with Gasteiger partial charge in [0.2, 0.25) is 0 Å². The quantitative estimate of drug-likeness (QED) is 0.664. The zero-order valence-electron chi connectivity index (χ0n) is 14.4. The van der Waals surface area contributed by atoms with Crippen molar-refractivity contribution in [1.82, 2.24) is 9.88 Å². The smallest absolute Gasteiger partial charge is 0.324 e. The molecule has 0 aliphatic carbocycles. The summed E-state index contributed by atoms with van der Waals surface area (Å²) in [6.45, 7) is 0.0801. The van der Waals surface area contributed by atoms with E-state index in [0.717, 1.165) is 6.07 Å². The van der Waals surface area contributed by atoms with Gasteiger partial charge in [-0.1, -0.05) is 11.6 Å². The molecule has 0 saturated carbocycles. The van der Waals surface area contributed by atoms with Crippen LogP contribution < -0.4 is 5.32 Å². The van der Waals surface area contributed by atoms with Crippen LogP contribution in [0, 0.1) is 5.82 Å². The van der Waals surface area contributed by atoms with Crippen molar-refractivity contribution in [2.75, 3.05) is 18.4 Å². The third kappa shape index (κ3) is 4.19. The van der Waals surface area contributed by atoms with Crippen molar-refractivity contribution >= 4 is 23.3 Å². The van der Waals surface area contributed by atoms with Crippen molar-refractivity contribution in [3.63, 3.8) is 0 Å². The minimum Gasteiger partial charge on any atom is -0.324 e. The van der Waals surface area contributed by atoms with E-state index in [1.807, 2.05) is 0 Å². The molecule has 1 aromatic carbocycles. The van der Waals surface area contributed by atoms with Gasteiger partial charge in [-0.05, 0) is 30.3 Å². The summed E-state index contributed by atoms with van der Waals surface area (Å²) in [6.07, 6.45) is -3.48. The Labute approximate surface area is 162 Å². The molecular formula is C18H15ClF5N3O. The van der Waals surface area contributed by atoms with E-state index in [-0.39, 0.29) is 42.3 Å². The van der Waals surface area contributed by atoms with Crippen LogP contribution in [0.5, 0.6) is 0 Å². The van der Waals surface area contributed by atoms with E-state index < -0.39 is 29.3 Å². The van der Waals surface area contributed by atoms with Gasteiger partial charge in [0.25, 0.3) is 0 Å². The third-order valence-corrected chi connectivity index (χ3v) is 4.86. The second-order valence-corrected chi connectivity index (χ2v) is 6.82. The van der Waals surface area contributed by atoms with Crippen LogP contribution in [0.4, 0.5) is 32.4 Å². The molecule has 3 rings (SSSR count). The maximum absolute atomic E-state index is 15.2. The molecule has 1 N–H and O–H groups in total. The van der Waals surface area contributed by atoms with Gasteiger partial charge >= 0.3 is 12.2 Å². The molecule has 0 bridgehead atoms. The number of alkyl halides is 4. The Morgan fingerprint density at radius 3 is 2.46 bits per heavy atom. The van der Waals surface area contributed by atoms with Crippen LogP contribution in [-0.4, -0.2) is 29.0 Å². The lowest BCUT2D eigenvalue weighted by Gasteiger charge is -2.36. The van der Waals surface area contributed by atoms with Crippen molar-refractivity contribution in [3.8, 4) is 0 Å². The zero-order valence-corrected chi connectivity index (χ0v) is 15.1. The fourth-order valence-corrected chi connectivity index (χ4v) is 3.33. The van der Waals surface area contributed by atoms with E-state index in [0.29, 0.717) is 12.1 Å². The number of nitrogens with zero attached hydrogens (tertiary/aromatic N) is 2. The van der Waals surface area contributed by atoms with Gasteiger partial charge in [-0.25, -0.2) is 13.6 Å². The Kier molecular flexibility index (Phi) is 5.47. The van der Waals surface area contributed by atoms with Crippen LogP contribution >= 0.6 is 11.6 Å². The predicted molar refractivity (Wildman–Crippen MR) is 93.3 cm³/mol. The topological polar surface area (TPSA) is 45.2 Å². The molecule has 1 aliphatic heterocycles. The van der Waals surface area contributed by atoms with Crippen molar-refractivity contribution in [2.24, 2.45) is 0 Å². The molecule has 2 heterocycles.